The predicted octanol–water partition coefficient (Wildman–Crippen LogP) is 4.99. The van der Waals surface area contributed by atoms with Crippen LogP contribution in [0.5, 0.6) is 0 Å². The molecule has 146 valence electrons. The van der Waals surface area contributed by atoms with Gasteiger partial charge in [-0.1, -0.05) is 28.1 Å². The molecule has 4 aromatic rings. The van der Waals surface area contributed by atoms with Crippen LogP contribution in [-0.4, -0.2) is 20.6 Å². The highest BCUT2D eigenvalue weighted by Gasteiger charge is 2.23. The van der Waals surface area contributed by atoms with Crippen LogP contribution >= 0.6 is 27.3 Å². The van der Waals surface area contributed by atoms with Gasteiger partial charge in [-0.15, -0.1) is 11.3 Å². The van der Waals surface area contributed by atoms with E-state index in [0.29, 0.717) is 11.8 Å². The van der Waals surface area contributed by atoms with E-state index in [4.69, 9.17) is 0 Å². The van der Waals surface area contributed by atoms with E-state index >= 15 is 0 Å². The molecule has 2 aromatic carbocycles. The fraction of sp³-hybridized carbons (Fsp3) is 0. The minimum Gasteiger partial charge on any atom is -0.477 e. The average molecular weight is 481 g/mol. The van der Waals surface area contributed by atoms with Crippen LogP contribution in [0.3, 0.4) is 0 Å². The molecule has 5 nitrogen and oxygen atoms in total. The van der Waals surface area contributed by atoms with Gasteiger partial charge in [0.2, 0.25) is 5.43 Å². The topological polar surface area (TPSA) is 72.2 Å². The van der Waals surface area contributed by atoms with Crippen LogP contribution in [0.15, 0.2) is 51.2 Å². The van der Waals surface area contributed by atoms with Crippen LogP contribution in [0.25, 0.3) is 27.3 Å². The second-order valence-corrected chi connectivity index (χ2v) is 7.70. The molecule has 0 atom stereocenters. The van der Waals surface area contributed by atoms with Crippen molar-refractivity contribution in [2.75, 3.05) is 0 Å². The molecule has 0 fully saturated rings. The second kappa shape index (κ2) is 7.12. The van der Waals surface area contributed by atoms with Gasteiger partial charge in [0.25, 0.3) is 0 Å². The molecule has 2 heterocycles. The summed E-state index contributed by atoms with van der Waals surface area (Å²) >= 11 is 4.34. The van der Waals surface area contributed by atoms with Crippen molar-refractivity contribution in [1.82, 2.24) is 9.55 Å². The molecule has 0 aliphatic carbocycles. The van der Waals surface area contributed by atoms with Gasteiger partial charge < -0.3 is 5.11 Å². The molecule has 2 aromatic heterocycles. The van der Waals surface area contributed by atoms with Gasteiger partial charge in [-0.2, -0.15) is 0 Å². The zero-order valence-corrected chi connectivity index (χ0v) is 16.5. The van der Waals surface area contributed by atoms with Gasteiger partial charge in [-0.3, -0.25) is 9.36 Å². The molecule has 10 heteroatoms. The molecule has 1 N–H and O–H groups in total. The third-order valence-electron chi connectivity index (χ3n) is 4.19. The number of aromatic nitrogens is 2. The molecule has 29 heavy (non-hydrogen) atoms. The molecule has 4 rings (SSSR count). The van der Waals surface area contributed by atoms with Crippen LogP contribution in [0.1, 0.15) is 10.4 Å². The first kappa shape index (κ1) is 19.3. The van der Waals surface area contributed by atoms with E-state index in [1.54, 1.807) is 29.6 Å². The molecular weight excluding hydrogens is 473 g/mol. The number of nitrogens with zero attached hydrogens (tertiary/aromatic N) is 2. The van der Waals surface area contributed by atoms with E-state index < -0.39 is 45.3 Å². The van der Waals surface area contributed by atoms with Crippen molar-refractivity contribution in [3.05, 3.63) is 79.6 Å². The Bertz CT molecular complexity index is 1350. The van der Waals surface area contributed by atoms with Gasteiger partial charge in [-0.25, -0.2) is 22.9 Å². The van der Waals surface area contributed by atoms with Gasteiger partial charge in [-0.05, 0) is 18.2 Å². The van der Waals surface area contributed by atoms with Gasteiger partial charge in [0.05, 0.1) is 16.6 Å². The maximum absolute atomic E-state index is 14.5. The van der Waals surface area contributed by atoms with Crippen LogP contribution in [0.2, 0.25) is 0 Å². The lowest BCUT2D eigenvalue weighted by atomic mass is 10.1. The number of thiazole rings is 1. The number of benzene rings is 2. The van der Waals surface area contributed by atoms with Gasteiger partial charge >= 0.3 is 5.97 Å². The van der Waals surface area contributed by atoms with Crippen molar-refractivity contribution in [2.45, 2.75) is 0 Å². The molecule has 0 aliphatic heterocycles. The summed E-state index contributed by atoms with van der Waals surface area (Å²) in [5, 5.41) is 10.4. The summed E-state index contributed by atoms with van der Waals surface area (Å²) in [6.07, 6.45) is 0.859. The number of hydrogen-bond donors (Lipinski definition) is 1. The standard InChI is InChI=1S/C19H8BrF3N2O3S/c20-9-3-1-8(2-4-9)13-7-29-19(24-13)25-6-11(18(27)28)17(26)10-5-12(21)14(22)15(23)16(10)25/h1-7H,(H,27,28). The number of carbonyl (C=O) groups is 1. The normalized spacial score (nSPS) is 11.2. The summed E-state index contributed by atoms with van der Waals surface area (Å²) in [6, 6.07) is 7.64. The van der Waals surface area contributed by atoms with E-state index in [9.17, 15) is 27.9 Å². The van der Waals surface area contributed by atoms with Gasteiger partial charge in [0.1, 0.15) is 5.56 Å². The highest BCUT2D eigenvalue weighted by Crippen LogP contribution is 2.29. The van der Waals surface area contributed by atoms with E-state index in [0.717, 1.165) is 32.1 Å². The van der Waals surface area contributed by atoms with E-state index in [1.807, 2.05) is 0 Å². The maximum Gasteiger partial charge on any atom is 0.341 e. The Kier molecular flexibility index (Phi) is 4.75. The molecule has 0 bridgehead atoms. The molecular formula is C19H8BrF3N2O3S. The molecule has 0 spiro atoms. The first-order chi connectivity index (χ1) is 13.8. The Morgan fingerprint density at radius 2 is 1.83 bits per heavy atom. The summed E-state index contributed by atoms with van der Waals surface area (Å²) < 4.78 is 43.9. The zero-order chi connectivity index (χ0) is 20.9. The highest BCUT2D eigenvalue weighted by molar-refractivity contribution is 9.10. The fourth-order valence-corrected chi connectivity index (χ4v) is 3.90. The summed E-state index contributed by atoms with van der Waals surface area (Å²) in [6.45, 7) is 0. The summed E-state index contributed by atoms with van der Waals surface area (Å²) in [7, 11) is 0. The molecule has 0 radical (unpaired) electrons. The maximum atomic E-state index is 14.5. The van der Waals surface area contributed by atoms with Crippen molar-refractivity contribution in [3.8, 4) is 16.4 Å². The minimum atomic E-state index is -1.77. The van der Waals surface area contributed by atoms with E-state index in [-0.39, 0.29) is 5.13 Å². The molecule has 0 aliphatic rings. The van der Waals surface area contributed by atoms with Crippen LogP contribution in [0, 0.1) is 17.5 Å². The van der Waals surface area contributed by atoms with Crippen LogP contribution in [0.4, 0.5) is 13.2 Å². The first-order valence-electron chi connectivity index (χ1n) is 7.96. The lowest BCUT2D eigenvalue weighted by Crippen LogP contribution is -2.20. The Morgan fingerprint density at radius 3 is 2.48 bits per heavy atom. The Balaban J connectivity index is 2.02. The number of aromatic carboxylic acids is 1. The fourth-order valence-electron chi connectivity index (χ4n) is 2.82. The Labute approximate surface area is 172 Å². The molecule has 0 saturated heterocycles. The quantitative estimate of drug-likeness (QED) is 0.419. The van der Waals surface area contributed by atoms with Crippen LogP contribution in [-0.2, 0) is 0 Å². The largest absolute Gasteiger partial charge is 0.477 e. The van der Waals surface area contributed by atoms with Crippen molar-refractivity contribution in [3.63, 3.8) is 0 Å². The van der Waals surface area contributed by atoms with E-state index in [2.05, 4.69) is 20.9 Å². The molecule has 0 saturated carbocycles. The van der Waals surface area contributed by atoms with Gasteiger partial charge in [0.15, 0.2) is 22.6 Å². The van der Waals surface area contributed by atoms with Crippen molar-refractivity contribution >= 4 is 44.1 Å². The number of carboxylic acid groups (broad SMARTS) is 1. The third-order valence-corrected chi connectivity index (χ3v) is 5.56. The number of fused-ring (bicyclic) bond motifs is 1. The van der Waals surface area contributed by atoms with Crippen molar-refractivity contribution < 1.29 is 23.1 Å². The summed E-state index contributed by atoms with van der Waals surface area (Å²) in [4.78, 5) is 28.1. The average Bonchev–Trinajstić information content (AvgIpc) is 3.17. The summed E-state index contributed by atoms with van der Waals surface area (Å²) in [5.41, 5.74) is -1.19. The van der Waals surface area contributed by atoms with Crippen LogP contribution < -0.4 is 5.43 Å². The van der Waals surface area contributed by atoms with Gasteiger partial charge in [0, 0.05) is 21.6 Å². The van der Waals surface area contributed by atoms with E-state index in [1.165, 1.54) is 0 Å². The Morgan fingerprint density at radius 1 is 1.14 bits per heavy atom. The lowest BCUT2D eigenvalue weighted by molar-refractivity contribution is 0.0695. The summed E-state index contributed by atoms with van der Waals surface area (Å²) in [5.74, 6) is -6.54. The van der Waals surface area contributed by atoms with Crippen molar-refractivity contribution in [2.24, 2.45) is 0 Å². The third kappa shape index (κ3) is 3.23. The molecule has 0 amide bonds. The highest BCUT2D eigenvalue weighted by atomic mass is 79.9. The number of hydrogen-bond acceptors (Lipinski definition) is 4. The number of pyridine rings is 1. The monoisotopic (exact) mass is 480 g/mol. The second-order valence-electron chi connectivity index (χ2n) is 5.95. The SMILES string of the molecule is O=C(O)c1cn(-c2nc(-c3ccc(Br)cc3)cs2)c2c(F)c(F)c(F)cc2c1=O. The predicted molar refractivity (Wildman–Crippen MR) is 105 cm³/mol. The van der Waals surface area contributed by atoms with Crippen molar-refractivity contribution in [1.29, 1.82) is 0 Å². The Hall–Kier alpha value is -2.98. The zero-order valence-electron chi connectivity index (χ0n) is 14.1. The molecule has 0 unspecified atom stereocenters. The number of halogens is 4. The smallest absolute Gasteiger partial charge is 0.341 e. The number of carboxylic acids is 1. The number of rotatable bonds is 3. The minimum absolute atomic E-state index is 0.0836. The first-order valence-corrected chi connectivity index (χ1v) is 9.63. The lowest BCUT2D eigenvalue weighted by Gasteiger charge is -2.11.